The van der Waals surface area contributed by atoms with Gasteiger partial charge in [-0.05, 0) is 47.4 Å². The highest BCUT2D eigenvalue weighted by atomic mass is 19.4. The van der Waals surface area contributed by atoms with Crippen molar-refractivity contribution in [3.05, 3.63) is 83.6 Å². The summed E-state index contributed by atoms with van der Waals surface area (Å²) in [6.45, 7) is 3.35. The maximum atomic E-state index is 12.7. The van der Waals surface area contributed by atoms with Crippen LogP contribution in [0.1, 0.15) is 23.1 Å². The number of anilines is 1. The van der Waals surface area contributed by atoms with Crippen LogP contribution < -0.4 is 9.64 Å². The Balaban J connectivity index is 1.52. The van der Waals surface area contributed by atoms with E-state index in [-0.39, 0.29) is 18.6 Å². The topological polar surface area (TPSA) is 45.6 Å². The molecule has 7 heteroatoms. The van der Waals surface area contributed by atoms with Crippen LogP contribution in [0.3, 0.4) is 0 Å². The lowest BCUT2D eigenvalue weighted by atomic mass is 9.97. The molecular weight excluding hydrogens is 429 g/mol. The van der Waals surface area contributed by atoms with E-state index >= 15 is 0 Å². The van der Waals surface area contributed by atoms with Crippen molar-refractivity contribution in [2.75, 3.05) is 24.6 Å². The van der Waals surface area contributed by atoms with Gasteiger partial charge in [0.05, 0.1) is 18.7 Å². The highest BCUT2D eigenvalue weighted by Gasteiger charge is 2.31. The Morgan fingerprint density at radius 3 is 2.67 bits per heavy atom. The number of aliphatic hydroxyl groups excluding tert-OH is 1. The maximum absolute atomic E-state index is 12.7. The Hall–Kier alpha value is -3.32. The van der Waals surface area contributed by atoms with Crippen LogP contribution in [0.15, 0.2) is 66.9 Å². The number of nitrogens with zero attached hydrogens (tertiary/aromatic N) is 2. The molecule has 3 aromatic rings. The first kappa shape index (κ1) is 22.9. The van der Waals surface area contributed by atoms with Crippen LogP contribution >= 0.6 is 0 Å². The van der Waals surface area contributed by atoms with Gasteiger partial charge >= 0.3 is 6.18 Å². The van der Waals surface area contributed by atoms with Crippen LogP contribution in [0.2, 0.25) is 0 Å². The predicted molar refractivity (Wildman–Crippen MR) is 123 cm³/mol. The monoisotopic (exact) mass is 454 g/mol. The van der Waals surface area contributed by atoms with Crippen LogP contribution in [0.25, 0.3) is 17.2 Å². The number of benzene rings is 2. The van der Waals surface area contributed by atoms with E-state index in [0.717, 1.165) is 47.6 Å². The van der Waals surface area contributed by atoms with Crippen molar-refractivity contribution >= 4 is 11.8 Å². The molecule has 0 spiro atoms. The molecule has 4 nitrogen and oxygen atoms in total. The zero-order chi connectivity index (χ0) is 23.4. The molecule has 33 heavy (non-hydrogen) atoms. The van der Waals surface area contributed by atoms with Crippen LogP contribution in [-0.4, -0.2) is 35.9 Å². The fourth-order valence-corrected chi connectivity index (χ4v) is 4.05. The van der Waals surface area contributed by atoms with Gasteiger partial charge < -0.3 is 14.7 Å². The molecule has 0 radical (unpaired) electrons. The fourth-order valence-electron chi connectivity index (χ4n) is 4.05. The fraction of sp³-hybridized carbons (Fsp3) is 0.269. The molecule has 2 heterocycles. The van der Waals surface area contributed by atoms with Crippen molar-refractivity contribution in [3.63, 3.8) is 0 Å². The Morgan fingerprint density at radius 1 is 1.15 bits per heavy atom. The van der Waals surface area contributed by atoms with Gasteiger partial charge in [-0.25, -0.2) is 4.98 Å². The Morgan fingerprint density at radius 2 is 1.97 bits per heavy atom. The third-order valence-corrected chi connectivity index (χ3v) is 5.72. The van der Waals surface area contributed by atoms with E-state index in [9.17, 15) is 18.3 Å². The summed E-state index contributed by atoms with van der Waals surface area (Å²) in [5.74, 6) is 0.185. The van der Waals surface area contributed by atoms with Crippen molar-refractivity contribution in [2.24, 2.45) is 0 Å². The van der Waals surface area contributed by atoms with E-state index in [1.54, 1.807) is 6.08 Å². The van der Waals surface area contributed by atoms with Crippen molar-refractivity contribution in [3.8, 4) is 17.0 Å². The lowest BCUT2D eigenvalue weighted by Crippen LogP contribution is -2.25. The lowest BCUT2D eigenvalue weighted by Gasteiger charge is -2.22. The molecule has 1 atom stereocenters. The molecule has 0 saturated carbocycles. The second kappa shape index (κ2) is 9.67. The highest BCUT2D eigenvalue weighted by molar-refractivity contribution is 5.77. The molecule has 1 fully saturated rings. The zero-order valence-corrected chi connectivity index (χ0v) is 18.2. The molecule has 1 aromatic heterocycles. The van der Waals surface area contributed by atoms with Crippen molar-refractivity contribution < 1.29 is 23.0 Å². The number of pyridine rings is 1. The minimum atomic E-state index is -4.42. The van der Waals surface area contributed by atoms with E-state index in [0.29, 0.717) is 6.54 Å². The highest BCUT2D eigenvalue weighted by Crippen LogP contribution is 2.33. The third kappa shape index (κ3) is 5.37. The summed E-state index contributed by atoms with van der Waals surface area (Å²) in [4.78, 5) is 6.01. The first-order valence-electron chi connectivity index (χ1n) is 10.8. The molecule has 0 amide bonds. The summed E-state index contributed by atoms with van der Waals surface area (Å²) in [5, 5.41) is 9.29. The zero-order valence-electron chi connectivity index (χ0n) is 18.2. The molecule has 172 valence electrons. The molecule has 1 saturated heterocycles. The summed E-state index contributed by atoms with van der Waals surface area (Å²) in [6.07, 6.45) is 0.535. The standard InChI is InChI=1S/C26H25F3N2O2/c1-18-5-2-3-7-23(18)19-8-10-24(20(15-19)6-4-14-32)31-13-12-22(17-31)33-25-11-9-21(16-30-25)26(27,28)29/h2-11,15-16,22,32H,12-14,17H2,1H3/b6-4+/t22-/m0/s1. The largest absolute Gasteiger partial charge is 0.472 e. The summed E-state index contributed by atoms with van der Waals surface area (Å²) in [6, 6.07) is 16.7. The number of ether oxygens (including phenoxy) is 1. The number of halogens is 3. The van der Waals surface area contributed by atoms with Crippen molar-refractivity contribution in [2.45, 2.75) is 25.6 Å². The van der Waals surface area contributed by atoms with Gasteiger partial charge in [0.15, 0.2) is 0 Å². The number of hydrogen-bond donors (Lipinski definition) is 1. The Kier molecular flexibility index (Phi) is 6.70. The lowest BCUT2D eigenvalue weighted by molar-refractivity contribution is -0.137. The summed E-state index contributed by atoms with van der Waals surface area (Å²) < 4.78 is 44.1. The molecule has 0 bridgehead atoms. The SMILES string of the molecule is Cc1ccccc1-c1ccc(N2CC[C@H](Oc3ccc(C(F)(F)F)cn3)C2)c(/C=C/CO)c1. The second-order valence-corrected chi connectivity index (χ2v) is 8.03. The van der Waals surface area contributed by atoms with Gasteiger partial charge in [-0.3, -0.25) is 0 Å². The van der Waals surface area contributed by atoms with E-state index in [4.69, 9.17) is 4.74 Å². The molecule has 1 N–H and O–H groups in total. The smallest absolute Gasteiger partial charge is 0.417 e. The van der Waals surface area contributed by atoms with Crippen molar-refractivity contribution in [1.29, 1.82) is 0 Å². The number of aromatic nitrogens is 1. The van der Waals surface area contributed by atoms with Crippen LogP contribution in [0.4, 0.5) is 18.9 Å². The average molecular weight is 454 g/mol. The van der Waals surface area contributed by atoms with E-state index < -0.39 is 11.7 Å². The average Bonchev–Trinajstić information content (AvgIpc) is 3.26. The quantitative estimate of drug-likeness (QED) is 0.516. The van der Waals surface area contributed by atoms with Crippen LogP contribution in [0, 0.1) is 6.92 Å². The maximum Gasteiger partial charge on any atom is 0.417 e. The first-order chi connectivity index (χ1) is 15.8. The van der Waals surface area contributed by atoms with E-state index in [1.807, 2.05) is 18.2 Å². The summed E-state index contributed by atoms with van der Waals surface area (Å²) >= 11 is 0. The Bertz CT molecular complexity index is 1130. The molecule has 2 aromatic carbocycles. The van der Waals surface area contributed by atoms with E-state index in [1.165, 1.54) is 11.6 Å². The molecule has 1 aliphatic rings. The molecule has 1 aliphatic heterocycles. The number of rotatable bonds is 6. The van der Waals surface area contributed by atoms with Gasteiger partial charge in [-0.15, -0.1) is 0 Å². The second-order valence-electron chi connectivity index (χ2n) is 8.03. The number of alkyl halides is 3. The van der Waals surface area contributed by atoms with Crippen molar-refractivity contribution in [1.82, 2.24) is 4.98 Å². The number of aryl methyl sites for hydroxylation is 1. The van der Waals surface area contributed by atoms with Gasteiger partial charge in [-0.2, -0.15) is 13.2 Å². The normalized spacial score (nSPS) is 16.5. The van der Waals surface area contributed by atoms with Gasteiger partial charge in [-0.1, -0.05) is 42.5 Å². The minimum Gasteiger partial charge on any atom is -0.472 e. The first-order valence-corrected chi connectivity index (χ1v) is 10.8. The van der Waals surface area contributed by atoms with Crippen LogP contribution in [0.5, 0.6) is 5.88 Å². The van der Waals surface area contributed by atoms with Gasteiger partial charge in [0.25, 0.3) is 0 Å². The summed E-state index contributed by atoms with van der Waals surface area (Å²) in [5.41, 5.74) is 4.63. The summed E-state index contributed by atoms with van der Waals surface area (Å²) in [7, 11) is 0. The third-order valence-electron chi connectivity index (χ3n) is 5.72. The predicted octanol–water partition coefficient (Wildman–Crippen LogP) is 5.74. The molecular formula is C26H25F3N2O2. The Labute approximate surface area is 191 Å². The van der Waals surface area contributed by atoms with Crippen LogP contribution in [-0.2, 0) is 6.18 Å². The van der Waals surface area contributed by atoms with Gasteiger partial charge in [0, 0.05) is 30.9 Å². The number of hydrogen-bond acceptors (Lipinski definition) is 4. The minimum absolute atomic E-state index is 0.0562. The van der Waals surface area contributed by atoms with E-state index in [2.05, 4.69) is 47.1 Å². The molecule has 4 rings (SSSR count). The molecule has 0 unspecified atom stereocenters. The van der Waals surface area contributed by atoms with Gasteiger partial charge in [0.2, 0.25) is 5.88 Å². The van der Waals surface area contributed by atoms with Gasteiger partial charge in [0.1, 0.15) is 6.10 Å². The molecule has 0 aliphatic carbocycles. The number of aliphatic hydroxyl groups is 1.